The van der Waals surface area contributed by atoms with Gasteiger partial charge in [0, 0.05) is 23.0 Å². The summed E-state index contributed by atoms with van der Waals surface area (Å²) in [6, 6.07) is 3.40. The molecule has 0 spiro atoms. The smallest absolute Gasteiger partial charge is 0.325 e. The van der Waals surface area contributed by atoms with Crippen molar-refractivity contribution in [1.29, 1.82) is 0 Å². The average molecular weight is 318 g/mol. The van der Waals surface area contributed by atoms with E-state index >= 15 is 0 Å². The third kappa shape index (κ3) is 3.03. The lowest BCUT2D eigenvalue weighted by Gasteiger charge is -2.33. The van der Waals surface area contributed by atoms with Crippen LogP contribution < -0.4 is 10.1 Å². The molecule has 1 unspecified atom stereocenters. The highest BCUT2D eigenvalue weighted by Gasteiger charge is 2.34. The van der Waals surface area contributed by atoms with E-state index in [4.69, 9.17) is 32.7 Å². The Morgan fingerprint density at radius 2 is 2.15 bits per heavy atom. The number of esters is 1. The Balaban J connectivity index is 2.31. The lowest BCUT2D eigenvalue weighted by atomic mass is 9.96. The van der Waals surface area contributed by atoms with Crippen LogP contribution in [0.15, 0.2) is 12.1 Å². The van der Waals surface area contributed by atoms with Crippen LogP contribution in [0.3, 0.4) is 0 Å². The Morgan fingerprint density at radius 1 is 1.45 bits per heavy atom. The summed E-state index contributed by atoms with van der Waals surface area (Å²) in [4.78, 5) is 11.8. The van der Waals surface area contributed by atoms with Crippen LogP contribution in [0.1, 0.15) is 31.9 Å². The maximum atomic E-state index is 11.8. The number of fused-ring (bicyclic) bond motifs is 1. The van der Waals surface area contributed by atoms with Crippen molar-refractivity contribution in [2.45, 2.75) is 31.8 Å². The fourth-order valence-corrected chi connectivity index (χ4v) is 2.89. The van der Waals surface area contributed by atoms with Crippen molar-refractivity contribution in [3.8, 4) is 5.75 Å². The number of halogens is 2. The normalized spacial score (nSPS) is 18.1. The van der Waals surface area contributed by atoms with Crippen LogP contribution in [0.5, 0.6) is 5.75 Å². The second kappa shape index (κ2) is 5.80. The summed E-state index contributed by atoms with van der Waals surface area (Å²) >= 11 is 12.2. The molecule has 0 radical (unpaired) electrons. The third-order valence-electron chi connectivity index (χ3n) is 3.30. The molecule has 0 fully saturated rings. The molecule has 1 aliphatic rings. The van der Waals surface area contributed by atoms with Crippen LogP contribution in [-0.4, -0.2) is 25.2 Å². The highest BCUT2D eigenvalue weighted by molar-refractivity contribution is 6.35. The van der Waals surface area contributed by atoms with Crippen molar-refractivity contribution in [1.82, 2.24) is 5.32 Å². The van der Waals surface area contributed by atoms with Crippen LogP contribution in [0.4, 0.5) is 0 Å². The van der Waals surface area contributed by atoms with E-state index in [1.165, 1.54) is 7.11 Å². The summed E-state index contributed by atoms with van der Waals surface area (Å²) in [6.45, 7) is 4.09. The second-order valence-corrected chi connectivity index (χ2v) is 6.10. The predicted molar refractivity (Wildman–Crippen MR) is 78.5 cm³/mol. The van der Waals surface area contributed by atoms with E-state index in [1.807, 2.05) is 6.07 Å². The molecule has 110 valence electrons. The van der Waals surface area contributed by atoms with Gasteiger partial charge in [-0.25, -0.2) is 0 Å². The van der Waals surface area contributed by atoms with Crippen molar-refractivity contribution in [3.63, 3.8) is 0 Å². The molecule has 0 bridgehead atoms. The first-order valence-electron chi connectivity index (χ1n) is 6.33. The largest absolute Gasteiger partial charge is 0.492 e. The molecule has 1 aromatic rings. The van der Waals surface area contributed by atoms with E-state index in [9.17, 15) is 4.79 Å². The molecule has 1 heterocycles. The van der Waals surface area contributed by atoms with Crippen molar-refractivity contribution >= 4 is 29.2 Å². The Morgan fingerprint density at radius 3 is 2.80 bits per heavy atom. The minimum Gasteiger partial charge on any atom is -0.492 e. The first-order chi connectivity index (χ1) is 9.35. The summed E-state index contributed by atoms with van der Waals surface area (Å²) < 4.78 is 10.4. The molecule has 0 aromatic heterocycles. The van der Waals surface area contributed by atoms with Gasteiger partial charge in [-0.2, -0.15) is 0 Å². The quantitative estimate of drug-likeness (QED) is 0.868. The first-order valence-corrected chi connectivity index (χ1v) is 7.08. The lowest BCUT2D eigenvalue weighted by Crippen LogP contribution is -2.49. The number of methoxy groups -OCH3 is 1. The summed E-state index contributed by atoms with van der Waals surface area (Å²) in [5, 5.41) is 4.31. The van der Waals surface area contributed by atoms with Gasteiger partial charge in [0.1, 0.15) is 11.3 Å². The second-order valence-electron chi connectivity index (χ2n) is 5.26. The SMILES string of the molecule is COC(=O)C(C)(C)NC1CCOc2c(Cl)cc(Cl)cc21. The Labute approximate surface area is 128 Å². The van der Waals surface area contributed by atoms with Gasteiger partial charge < -0.3 is 9.47 Å². The molecule has 0 amide bonds. The number of hydrogen-bond donors (Lipinski definition) is 1. The molecule has 20 heavy (non-hydrogen) atoms. The first kappa shape index (κ1) is 15.4. The fourth-order valence-electron chi connectivity index (χ4n) is 2.33. The van der Waals surface area contributed by atoms with E-state index in [2.05, 4.69) is 5.32 Å². The summed E-state index contributed by atoms with van der Waals surface area (Å²) in [5.41, 5.74) is 0.0637. The van der Waals surface area contributed by atoms with E-state index in [1.54, 1.807) is 19.9 Å². The van der Waals surface area contributed by atoms with Crippen LogP contribution in [0.25, 0.3) is 0 Å². The number of carbonyl (C=O) groups is 1. The zero-order valence-electron chi connectivity index (χ0n) is 11.6. The molecule has 1 N–H and O–H groups in total. The van der Waals surface area contributed by atoms with Gasteiger partial charge in [0.05, 0.1) is 18.7 Å². The highest BCUT2D eigenvalue weighted by atomic mass is 35.5. The topological polar surface area (TPSA) is 47.6 Å². The standard InChI is InChI=1S/C14H17Cl2NO3/c1-14(2,13(18)19-3)17-11-4-5-20-12-9(11)6-8(15)7-10(12)16/h6-7,11,17H,4-5H2,1-3H3. The molecule has 1 aromatic carbocycles. The van der Waals surface area contributed by atoms with E-state index in [0.29, 0.717) is 22.4 Å². The Bertz CT molecular complexity index is 531. The molecule has 2 rings (SSSR count). The Kier molecular flexibility index (Phi) is 4.47. The van der Waals surface area contributed by atoms with Crippen LogP contribution in [-0.2, 0) is 9.53 Å². The lowest BCUT2D eigenvalue weighted by molar-refractivity contribution is -0.147. The van der Waals surface area contributed by atoms with Crippen LogP contribution >= 0.6 is 23.2 Å². The van der Waals surface area contributed by atoms with Gasteiger partial charge in [0.2, 0.25) is 0 Å². The number of carbonyl (C=O) groups excluding carboxylic acids is 1. The van der Waals surface area contributed by atoms with Gasteiger partial charge in [-0.15, -0.1) is 0 Å². The van der Waals surface area contributed by atoms with Crippen LogP contribution in [0.2, 0.25) is 10.0 Å². The number of ether oxygens (including phenoxy) is 2. The summed E-state index contributed by atoms with van der Waals surface area (Å²) in [6.07, 6.45) is 0.726. The molecule has 1 aliphatic heterocycles. The minimum absolute atomic E-state index is 0.0657. The molecule has 6 heteroatoms. The molecule has 0 saturated carbocycles. The van der Waals surface area contributed by atoms with Crippen molar-refractivity contribution < 1.29 is 14.3 Å². The number of hydrogen-bond acceptors (Lipinski definition) is 4. The summed E-state index contributed by atoms with van der Waals surface area (Å²) in [5.74, 6) is 0.305. The van der Waals surface area contributed by atoms with Gasteiger partial charge >= 0.3 is 5.97 Å². The van der Waals surface area contributed by atoms with Gasteiger partial charge in [-0.1, -0.05) is 23.2 Å². The van der Waals surface area contributed by atoms with E-state index in [0.717, 1.165) is 12.0 Å². The minimum atomic E-state index is -0.803. The van der Waals surface area contributed by atoms with E-state index < -0.39 is 5.54 Å². The maximum absolute atomic E-state index is 11.8. The van der Waals surface area contributed by atoms with Crippen LogP contribution in [0, 0.1) is 0 Å². The molecular weight excluding hydrogens is 301 g/mol. The monoisotopic (exact) mass is 317 g/mol. The number of benzene rings is 1. The molecule has 4 nitrogen and oxygen atoms in total. The molecular formula is C14H17Cl2NO3. The highest BCUT2D eigenvalue weighted by Crippen LogP contribution is 2.40. The molecule has 0 saturated heterocycles. The zero-order chi connectivity index (χ0) is 14.9. The predicted octanol–water partition coefficient (Wildman–Crippen LogP) is 3.36. The van der Waals surface area contributed by atoms with Gasteiger partial charge in [0.25, 0.3) is 0 Å². The number of nitrogens with one attached hydrogen (secondary N) is 1. The number of rotatable bonds is 3. The van der Waals surface area contributed by atoms with Gasteiger partial charge in [0.15, 0.2) is 0 Å². The molecule has 1 atom stereocenters. The third-order valence-corrected chi connectivity index (χ3v) is 3.80. The summed E-state index contributed by atoms with van der Waals surface area (Å²) in [7, 11) is 1.37. The van der Waals surface area contributed by atoms with Crippen molar-refractivity contribution in [2.75, 3.05) is 13.7 Å². The molecule has 0 aliphatic carbocycles. The Hall–Kier alpha value is -0.970. The van der Waals surface area contributed by atoms with E-state index in [-0.39, 0.29) is 12.0 Å². The zero-order valence-corrected chi connectivity index (χ0v) is 13.1. The van der Waals surface area contributed by atoms with Crippen molar-refractivity contribution in [3.05, 3.63) is 27.7 Å². The fraction of sp³-hybridized carbons (Fsp3) is 0.500. The average Bonchev–Trinajstić information content (AvgIpc) is 2.38. The van der Waals surface area contributed by atoms with Gasteiger partial charge in [-0.05, 0) is 26.0 Å². The van der Waals surface area contributed by atoms with Gasteiger partial charge in [-0.3, -0.25) is 10.1 Å². The maximum Gasteiger partial charge on any atom is 0.325 e. The van der Waals surface area contributed by atoms with Crippen molar-refractivity contribution in [2.24, 2.45) is 0 Å².